The fraction of sp³-hybridized carbons (Fsp3) is 1.00. The highest BCUT2D eigenvalue weighted by molar-refractivity contribution is 4.75. The van der Waals surface area contributed by atoms with Crippen LogP contribution in [0.4, 0.5) is 0 Å². The molecule has 0 bridgehead atoms. The zero-order chi connectivity index (χ0) is 11.3. The van der Waals surface area contributed by atoms with Crippen molar-refractivity contribution in [2.45, 2.75) is 39.3 Å². The Morgan fingerprint density at radius 3 is 2.20 bits per heavy atom. The lowest BCUT2D eigenvalue weighted by molar-refractivity contribution is 0.142. The van der Waals surface area contributed by atoms with Crippen molar-refractivity contribution in [3.8, 4) is 0 Å². The lowest BCUT2D eigenvalue weighted by atomic mass is 10.2. The zero-order valence-electron chi connectivity index (χ0n) is 10.8. The third kappa shape index (κ3) is 4.96. The molecule has 3 nitrogen and oxygen atoms in total. The minimum absolute atomic E-state index is 0.614. The van der Waals surface area contributed by atoms with Crippen molar-refractivity contribution in [3.63, 3.8) is 0 Å². The summed E-state index contributed by atoms with van der Waals surface area (Å²) in [5, 5.41) is 3.63. The van der Waals surface area contributed by atoms with Crippen molar-refractivity contribution in [1.82, 2.24) is 15.1 Å². The van der Waals surface area contributed by atoms with Crippen molar-refractivity contribution in [2.24, 2.45) is 0 Å². The van der Waals surface area contributed by atoms with Gasteiger partial charge in [-0.3, -0.25) is 4.90 Å². The van der Waals surface area contributed by atoms with Crippen molar-refractivity contribution < 1.29 is 0 Å². The molecule has 1 saturated heterocycles. The number of piperazine rings is 1. The Balaban J connectivity index is 2.17. The van der Waals surface area contributed by atoms with E-state index in [2.05, 4.69) is 42.9 Å². The van der Waals surface area contributed by atoms with E-state index in [-0.39, 0.29) is 0 Å². The van der Waals surface area contributed by atoms with Crippen LogP contribution in [0, 0.1) is 0 Å². The minimum Gasteiger partial charge on any atom is -0.311 e. The topological polar surface area (TPSA) is 18.5 Å². The summed E-state index contributed by atoms with van der Waals surface area (Å²) in [5.41, 5.74) is 0. The Hall–Kier alpha value is -0.120. The van der Waals surface area contributed by atoms with Gasteiger partial charge in [-0.25, -0.2) is 0 Å². The molecule has 1 heterocycles. The van der Waals surface area contributed by atoms with E-state index in [1.807, 2.05) is 0 Å². The Kier molecular flexibility index (Phi) is 5.58. The van der Waals surface area contributed by atoms with Gasteiger partial charge in [0.25, 0.3) is 0 Å². The average Bonchev–Trinajstić information content (AvgIpc) is 2.21. The molecule has 2 atom stereocenters. The Morgan fingerprint density at radius 1 is 1.07 bits per heavy atom. The predicted molar refractivity (Wildman–Crippen MR) is 66.3 cm³/mol. The van der Waals surface area contributed by atoms with Crippen molar-refractivity contribution in [2.75, 3.05) is 39.8 Å². The first-order chi connectivity index (χ1) is 7.11. The molecule has 1 fully saturated rings. The highest BCUT2D eigenvalue weighted by Crippen LogP contribution is 2.01. The summed E-state index contributed by atoms with van der Waals surface area (Å²) in [6.07, 6.45) is 1.22. The van der Waals surface area contributed by atoms with Crippen molar-refractivity contribution in [1.29, 1.82) is 0 Å². The van der Waals surface area contributed by atoms with E-state index in [1.54, 1.807) is 0 Å². The average molecular weight is 213 g/mol. The molecule has 0 aromatic heterocycles. The molecule has 1 aliphatic rings. The Labute approximate surface area is 94.8 Å². The van der Waals surface area contributed by atoms with E-state index in [0.29, 0.717) is 12.1 Å². The van der Waals surface area contributed by atoms with Crippen LogP contribution in [0.2, 0.25) is 0 Å². The van der Waals surface area contributed by atoms with Gasteiger partial charge < -0.3 is 10.2 Å². The van der Waals surface area contributed by atoms with E-state index in [9.17, 15) is 0 Å². The van der Waals surface area contributed by atoms with Crippen LogP contribution >= 0.6 is 0 Å². The fourth-order valence-electron chi connectivity index (χ4n) is 2.07. The molecular weight excluding hydrogens is 186 g/mol. The van der Waals surface area contributed by atoms with Crippen LogP contribution in [0.25, 0.3) is 0 Å². The first kappa shape index (κ1) is 12.9. The molecule has 0 aliphatic carbocycles. The number of hydrogen-bond acceptors (Lipinski definition) is 3. The van der Waals surface area contributed by atoms with Crippen LogP contribution in [0.1, 0.15) is 27.2 Å². The molecule has 0 aromatic carbocycles. The van der Waals surface area contributed by atoms with E-state index in [4.69, 9.17) is 0 Å². The van der Waals surface area contributed by atoms with Gasteiger partial charge in [0, 0.05) is 44.8 Å². The number of hydrogen-bond donors (Lipinski definition) is 1. The summed E-state index contributed by atoms with van der Waals surface area (Å²) in [5.74, 6) is 0. The summed E-state index contributed by atoms with van der Waals surface area (Å²) in [4.78, 5) is 4.98. The van der Waals surface area contributed by atoms with Gasteiger partial charge in [0.1, 0.15) is 0 Å². The maximum Gasteiger partial charge on any atom is 0.0169 e. The van der Waals surface area contributed by atoms with Crippen LogP contribution in [0.15, 0.2) is 0 Å². The highest BCUT2D eigenvalue weighted by atomic mass is 15.3. The van der Waals surface area contributed by atoms with Gasteiger partial charge in [0.2, 0.25) is 0 Å². The minimum atomic E-state index is 0.614. The molecule has 2 unspecified atom stereocenters. The predicted octanol–water partition coefficient (Wildman–Crippen LogP) is 1.01. The molecule has 0 aromatic rings. The monoisotopic (exact) mass is 213 g/mol. The van der Waals surface area contributed by atoms with Gasteiger partial charge in [0.05, 0.1) is 0 Å². The van der Waals surface area contributed by atoms with Crippen LogP contribution in [-0.4, -0.2) is 61.7 Å². The summed E-state index contributed by atoms with van der Waals surface area (Å²) < 4.78 is 0. The van der Waals surface area contributed by atoms with E-state index in [1.165, 1.54) is 39.1 Å². The quantitative estimate of drug-likeness (QED) is 0.735. The molecule has 1 aliphatic heterocycles. The third-order valence-electron chi connectivity index (χ3n) is 3.31. The second kappa shape index (κ2) is 6.46. The highest BCUT2D eigenvalue weighted by Gasteiger charge is 2.16. The van der Waals surface area contributed by atoms with Crippen LogP contribution in [0.5, 0.6) is 0 Å². The lowest BCUT2D eigenvalue weighted by Crippen LogP contribution is -2.50. The smallest absolute Gasteiger partial charge is 0.0169 e. The van der Waals surface area contributed by atoms with E-state index < -0.39 is 0 Å². The van der Waals surface area contributed by atoms with Crippen molar-refractivity contribution in [3.05, 3.63) is 0 Å². The van der Waals surface area contributed by atoms with E-state index in [0.717, 1.165) is 0 Å². The molecule has 1 rings (SSSR count). The van der Waals surface area contributed by atoms with Gasteiger partial charge in [-0.2, -0.15) is 0 Å². The molecule has 1 N–H and O–H groups in total. The maximum atomic E-state index is 3.63. The lowest BCUT2D eigenvalue weighted by Gasteiger charge is -2.34. The largest absolute Gasteiger partial charge is 0.311 e. The standard InChI is InChI=1S/C12H27N3/c1-5-11(2)13-12(3)10-15-8-6-14(4)7-9-15/h11-13H,5-10H2,1-4H3. The molecule has 0 amide bonds. The summed E-state index contributed by atoms with van der Waals surface area (Å²) in [6.45, 7) is 12.9. The van der Waals surface area contributed by atoms with Gasteiger partial charge in [-0.1, -0.05) is 6.92 Å². The van der Waals surface area contributed by atoms with Crippen LogP contribution in [-0.2, 0) is 0 Å². The number of likely N-dealkylation sites (N-methyl/N-ethyl adjacent to an activating group) is 1. The third-order valence-corrected chi connectivity index (χ3v) is 3.31. The van der Waals surface area contributed by atoms with Crippen LogP contribution < -0.4 is 5.32 Å². The van der Waals surface area contributed by atoms with Crippen molar-refractivity contribution >= 4 is 0 Å². The number of nitrogens with one attached hydrogen (secondary N) is 1. The maximum absolute atomic E-state index is 3.63. The zero-order valence-corrected chi connectivity index (χ0v) is 10.8. The van der Waals surface area contributed by atoms with Gasteiger partial charge in [0.15, 0.2) is 0 Å². The Morgan fingerprint density at radius 2 is 1.67 bits per heavy atom. The first-order valence-electron chi connectivity index (χ1n) is 6.28. The van der Waals surface area contributed by atoms with E-state index >= 15 is 0 Å². The molecular formula is C12H27N3. The summed E-state index contributed by atoms with van der Waals surface area (Å²) in [7, 11) is 2.21. The second-order valence-corrected chi connectivity index (χ2v) is 4.98. The molecule has 3 heteroatoms. The molecule has 0 spiro atoms. The van der Waals surface area contributed by atoms with Gasteiger partial charge in [-0.15, -0.1) is 0 Å². The molecule has 90 valence electrons. The first-order valence-corrected chi connectivity index (χ1v) is 6.28. The molecule has 0 radical (unpaired) electrons. The number of rotatable bonds is 5. The van der Waals surface area contributed by atoms with Crippen LogP contribution in [0.3, 0.4) is 0 Å². The molecule has 0 saturated carbocycles. The summed E-state index contributed by atoms with van der Waals surface area (Å²) >= 11 is 0. The Bertz CT molecular complexity index is 164. The fourth-order valence-corrected chi connectivity index (χ4v) is 2.07. The normalized spacial score (nSPS) is 24.0. The SMILES string of the molecule is CCC(C)NC(C)CN1CCN(C)CC1. The van der Waals surface area contributed by atoms with Gasteiger partial charge >= 0.3 is 0 Å². The molecule has 15 heavy (non-hydrogen) atoms. The summed E-state index contributed by atoms with van der Waals surface area (Å²) in [6, 6.07) is 1.26. The van der Waals surface area contributed by atoms with Gasteiger partial charge in [-0.05, 0) is 27.3 Å². The second-order valence-electron chi connectivity index (χ2n) is 4.98. The number of nitrogens with zero attached hydrogens (tertiary/aromatic N) is 2.